The standard InChI is InChI=1S/C12H23ClO5S/c1-4-6-7-8-9-17-19(15)18-10(3)11(13)12(14)16-5-2/h10-11H,4-9H2,1-3H3/t10-,11+,19+/m1/s1. The molecule has 0 aromatic rings. The van der Waals surface area contributed by atoms with Gasteiger partial charge in [0.15, 0.2) is 5.38 Å². The number of esters is 1. The zero-order chi connectivity index (χ0) is 14.7. The van der Waals surface area contributed by atoms with Crippen LogP contribution < -0.4 is 0 Å². The van der Waals surface area contributed by atoms with Crippen molar-refractivity contribution in [1.29, 1.82) is 0 Å². The predicted molar refractivity (Wildman–Crippen MR) is 75.1 cm³/mol. The molecule has 3 atom stereocenters. The van der Waals surface area contributed by atoms with Crippen LogP contribution in [0.15, 0.2) is 0 Å². The molecule has 0 heterocycles. The number of hydrogen-bond donors (Lipinski definition) is 0. The van der Waals surface area contributed by atoms with Crippen LogP contribution in [0, 0.1) is 0 Å². The van der Waals surface area contributed by atoms with E-state index in [0.29, 0.717) is 6.61 Å². The van der Waals surface area contributed by atoms with Crippen LogP contribution in [0.4, 0.5) is 0 Å². The number of carbonyl (C=O) groups excluding carboxylic acids is 1. The number of hydrogen-bond acceptors (Lipinski definition) is 5. The molecule has 0 unspecified atom stereocenters. The monoisotopic (exact) mass is 314 g/mol. The summed E-state index contributed by atoms with van der Waals surface area (Å²) in [5.41, 5.74) is 0. The molecular weight excluding hydrogens is 292 g/mol. The lowest BCUT2D eigenvalue weighted by Crippen LogP contribution is -2.31. The smallest absolute Gasteiger partial charge is 0.326 e. The fourth-order valence-corrected chi connectivity index (χ4v) is 2.11. The molecule has 0 aromatic heterocycles. The van der Waals surface area contributed by atoms with Crippen LogP contribution in [0.2, 0.25) is 0 Å². The highest BCUT2D eigenvalue weighted by molar-refractivity contribution is 7.75. The maximum absolute atomic E-state index is 11.4. The highest BCUT2D eigenvalue weighted by Gasteiger charge is 2.26. The normalized spacial score (nSPS) is 15.8. The van der Waals surface area contributed by atoms with Crippen molar-refractivity contribution < 1.29 is 22.1 Å². The molecule has 7 heteroatoms. The second kappa shape index (κ2) is 11.6. The van der Waals surface area contributed by atoms with E-state index in [1.165, 1.54) is 0 Å². The van der Waals surface area contributed by atoms with Crippen molar-refractivity contribution in [3.8, 4) is 0 Å². The number of alkyl halides is 1. The number of carbonyl (C=O) groups is 1. The molecule has 0 aliphatic heterocycles. The second-order valence-electron chi connectivity index (χ2n) is 4.04. The van der Waals surface area contributed by atoms with Crippen LogP contribution in [0.3, 0.4) is 0 Å². The third-order valence-electron chi connectivity index (χ3n) is 2.33. The Bertz CT molecular complexity index is 275. The molecule has 0 N–H and O–H groups in total. The Hall–Kier alpha value is -0.170. The highest BCUT2D eigenvalue weighted by atomic mass is 35.5. The van der Waals surface area contributed by atoms with E-state index in [9.17, 15) is 9.00 Å². The summed E-state index contributed by atoms with van der Waals surface area (Å²) in [6.07, 6.45) is 3.38. The molecule has 0 bridgehead atoms. The van der Waals surface area contributed by atoms with Crippen molar-refractivity contribution in [3.05, 3.63) is 0 Å². The van der Waals surface area contributed by atoms with Gasteiger partial charge in [0.1, 0.15) is 6.10 Å². The number of unbranched alkanes of at least 4 members (excludes halogenated alkanes) is 3. The number of halogens is 1. The first-order chi connectivity index (χ1) is 9.02. The fraction of sp³-hybridized carbons (Fsp3) is 0.917. The molecule has 0 fully saturated rings. The molecule has 0 aromatic carbocycles. The minimum Gasteiger partial charge on any atom is -0.465 e. The van der Waals surface area contributed by atoms with Gasteiger partial charge in [-0.25, -0.2) is 0 Å². The first-order valence-corrected chi connectivity index (χ1v) is 7.99. The van der Waals surface area contributed by atoms with Crippen molar-refractivity contribution in [3.63, 3.8) is 0 Å². The van der Waals surface area contributed by atoms with Crippen LogP contribution in [-0.2, 0) is 29.3 Å². The largest absolute Gasteiger partial charge is 0.465 e. The van der Waals surface area contributed by atoms with E-state index in [-0.39, 0.29) is 6.61 Å². The lowest BCUT2D eigenvalue weighted by molar-refractivity contribution is -0.144. The molecule has 0 rings (SSSR count). The molecule has 0 saturated heterocycles. The van der Waals surface area contributed by atoms with E-state index < -0.39 is 28.8 Å². The molecule has 114 valence electrons. The van der Waals surface area contributed by atoms with Gasteiger partial charge in [-0.05, 0) is 20.3 Å². The summed E-state index contributed by atoms with van der Waals surface area (Å²) in [7, 11) is 0. The fourth-order valence-electron chi connectivity index (χ4n) is 1.27. The maximum atomic E-state index is 11.4. The van der Waals surface area contributed by atoms with Gasteiger partial charge in [0.2, 0.25) is 0 Å². The Morgan fingerprint density at radius 1 is 1.26 bits per heavy atom. The SMILES string of the molecule is CCCCCCO[S@](=O)O[C@H](C)[C@H](Cl)C(=O)OCC. The zero-order valence-electron chi connectivity index (χ0n) is 11.7. The molecule has 0 radical (unpaired) electrons. The predicted octanol–water partition coefficient (Wildman–Crippen LogP) is 2.74. The minimum absolute atomic E-state index is 0.242. The summed E-state index contributed by atoms with van der Waals surface area (Å²) in [5.74, 6) is -0.586. The third-order valence-corrected chi connectivity index (χ3v) is 3.68. The maximum Gasteiger partial charge on any atom is 0.326 e. The van der Waals surface area contributed by atoms with Gasteiger partial charge in [-0.15, -0.1) is 11.6 Å². The van der Waals surface area contributed by atoms with Crippen LogP contribution in [0.1, 0.15) is 46.5 Å². The summed E-state index contributed by atoms with van der Waals surface area (Å²) in [4.78, 5) is 11.3. The van der Waals surface area contributed by atoms with Crippen LogP contribution in [0.25, 0.3) is 0 Å². The van der Waals surface area contributed by atoms with E-state index in [1.807, 2.05) is 0 Å². The summed E-state index contributed by atoms with van der Waals surface area (Å²) in [6, 6.07) is 0. The van der Waals surface area contributed by atoms with Crippen molar-refractivity contribution in [1.82, 2.24) is 0 Å². The highest BCUT2D eigenvalue weighted by Crippen LogP contribution is 2.11. The molecule has 0 spiro atoms. The molecule has 5 nitrogen and oxygen atoms in total. The van der Waals surface area contributed by atoms with E-state index in [4.69, 9.17) is 24.7 Å². The molecule has 0 aliphatic rings. The first kappa shape index (κ1) is 18.8. The van der Waals surface area contributed by atoms with Crippen molar-refractivity contribution >= 4 is 28.9 Å². The van der Waals surface area contributed by atoms with Gasteiger partial charge in [0.05, 0.1) is 13.2 Å². The van der Waals surface area contributed by atoms with E-state index in [1.54, 1.807) is 13.8 Å². The number of rotatable bonds is 11. The van der Waals surface area contributed by atoms with Crippen molar-refractivity contribution in [2.45, 2.75) is 57.9 Å². The average Bonchev–Trinajstić information content (AvgIpc) is 2.37. The Morgan fingerprint density at radius 2 is 1.95 bits per heavy atom. The molecule has 0 saturated carbocycles. The Balaban J connectivity index is 3.82. The summed E-state index contributed by atoms with van der Waals surface area (Å²) in [6.45, 7) is 5.95. The first-order valence-electron chi connectivity index (χ1n) is 6.55. The molecule has 19 heavy (non-hydrogen) atoms. The van der Waals surface area contributed by atoms with E-state index in [2.05, 4.69) is 6.92 Å². The second-order valence-corrected chi connectivity index (χ2v) is 5.35. The summed E-state index contributed by atoms with van der Waals surface area (Å²) >= 11 is 3.93. The van der Waals surface area contributed by atoms with E-state index >= 15 is 0 Å². The van der Waals surface area contributed by atoms with Crippen molar-refractivity contribution in [2.24, 2.45) is 0 Å². The molecular formula is C12H23ClO5S. The quantitative estimate of drug-likeness (QED) is 0.333. The van der Waals surface area contributed by atoms with Gasteiger partial charge in [-0.2, -0.15) is 4.21 Å². The van der Waals surface area contributed by atoms with Gasteiger partial charge in [0.25, 0.3) is 0 Å². The Labute approximate surface area is 122 Å². The third kappa shape index (κ3) is 9.38. The van der Waals surface area contributed by atoms with Gasteiger partial charge in [-0.3, -0.25) is 13.2 Å². The lowest BCUT2D eigenvalue weighted by Gasteiger charge is -2.15. The van der Waals surface area contributed by atoms with Crippen LogP contribution >= 0.6 is 11.6 Å². The topological polar surface area (TPSA) is 61.8 Å². The van der Waals surface area contributed by atoms with Gasteiger partial charge in [0, 0.05) is 0 Å². The van der Waals surface area contributed by atoms with E-state index in [0.717, 1.165) is 25.7 Å². The molecule has 0 amide bonds. The Morgan fingerprint density at radius 3 is 2.53 bits per heavy atom. The molecule has 0 aliphatic carbocycles. The van der Waals surface area contributed by atoms with Crippen LogP contribution in [0.5, 0.6) is 0 Å². The van der Waals surface area contributed by atoms with Gasteiger partial charge in [-0.1, -0.05) is 26.2 Å². The summed E-state index contributed by atoms with van der Waals surface area (Å²) in [5, 5.41) is -0.993. The number of ether oxygens (including phenoxy) is 1. The van der Waals surface area contributed by atoms with Crippen LogP contribution in [-0.4, -0.2) is 34.9 Å². The lowest BCUT2D eigenvalue weighted by atomic mass is 10.2. The Kier molecular flexibility index (Phi) is 11.5. The van der Waals surface area contributed by atoms with Gasteiger partial charge >= 0.3 is 17.3 Å². The van der Waals surface area contributed by atoms with Gasteiger partial charge < -0.3 is 4.74 Å². The summed E-state index contributed by atoms with van der Waals surface area (Å²) < 4.78 is 26.2. The average molecular weight is 315 g/mol. The minimum atomic E-state index is -1.89. The van der Waals surface area contributed by atoms with Crippen molar-refractivity contribution in [2.75, 3.05) is 13.2 Å². The zero-order valence-corrected chi connectivity index (χ0v) is 13.3.